The molecule has 5 saturated carbocycles. The van der Waals surface area contributed by atoms with Crippen LogP contribution in [0.25, 0.3) is 0 Å². The van der Waals surface area contributed by atoms with Crippen molar-refractivity contribution in [2.24, 2.45) is 56.7 Å². The van der Waals surface area contributed by atoms with Gasteiger partial charge in [0.15, 0.2) is 0 Å². The molecule has 5 aliphatic carbocycles. The number of hydrogen-bond acceptors (Lipinski definition) is 3. The van der Waals surface area contributed by atoms with Crippen molar-refractivity contribution in [1.82, 2.24) is 0 Å². The molecule has 0 aromatic heterocycles. The molecule has 33 heavy (non-hydrogen) atoms. The first-order chi connectivity index (χ1) is 15.3. The molecular weight excluding hydrogens is 408 g/mol. The van der Waals surface area contributed by atoms with Crippen molar-refractivity contribution in [2.45, 2.75) is 118 Å². The van der Waals surface area contributed by atoms with E-state index in [1.54, 1.807) is 0 Å². The van der Waals surface area contributed by atoms with Gasteiger partial charge in [0.2, 0.25) is 0 Å². The van der Waals surface area contributed by atoms with Gasteiger partial charge in [0.05, 0.1) is 5.41 Å². The zero-order valence-electron chi connectivity index (χ0n) is 22.2. The molecule has 6 rings (SSSR count). The van der Waals surface area contributed by atoms with E-state index in [1.165, 1.54) is 12.8 Å². The maximum atomic E-state index is 13.7. The van der Waals surface area contributed by atoms with E-state index in [9.17, 15) is 9.59 Å². The summed E-state index contributed by atoms with van der Waals surface area (Å²) < 4.78 is 6.78. The molecule has 6 aliphatic rings. The van der Waals surface area contributed by atoms with Crippen LogP contribution in [-0.4, -0.2) is 17.4 Å². The molecule has 0 aromatic carbocycles. The van der Waals surface area contributed by atoms with Crippen LogP contribution in [0.2, 0.25) is 0 Å². The van der Waals surface area contributed by atoms with E-state index >= 15 is 0 Å². The Hall–Kier alpha value is -0.860. The van der Waals surface area contributed by atoms with Gasteiger partial charge in [-0.2, -0.15) is 0 Å². The van der Waals surface area contributed by atoms with Crippen molar-refractivity contribution in [1.29, 1.82) is 0 Å². The number of ketones is 1. The maximum absolute atomic E-state index is 13.7. The lowest BCUT2D eigenvalue weighted by Crippen LogP contribution is -2.72. The van der Waals surface area contributed by atoms with Crippen LogP contribution in [0.4, 0.5) is 0 Å². The van der Waals surface area contributed by atoms with Crippen molar-refractivity contribution in [3.05, 3.63) is 0 Å². The van der Waals surface area contributed by atoms with Gasteiger partial charge in [-0.05, 0) is 92.3 Å². The second kappa shape index (κ2) is 6.28. The third-order valence-corrected chi connectivity index (χ3v) is 14.1. The summed E-state index contributed by atoms with van der Waals surface area (Å²) in [6.45, 7) is 16.9. The summed E-state index contributed by atoms with van der Waals surface area (Å²) in [6.07, 6.45) is 10.7. The summed E-state index contributed by atoms with van der Waals surface area (Å²) in [4.78, 5) is 26.6. The van der Waals surface area contributed by atoms with Gasteiger partial charge < -0.3 is 4.74 Å². The van der Waals surface area contributed by atoms with E-state index in [4.69, 9.17) is 4.74 Å². The van der Waals surface area contributed by atoms with Gasteiger partial charge in [-0.1, -0.05) is 48.5 Å². The molecule has 6 fully saturated rings. The number of hydrogen-bond donors (Lipinski definition) is 0. The summed E-state index contributed by atoms with van der Waals surface area (Å²) in [5, 5.41) is 0. The zero-order valence-corrected chi connectivity index (χ0v) is 22.2. The topological polar surface area (TPSA) is 43.4 Å². The molecule has 1 saturated heterocycles. The number of carbonyl (C=O) groups is 2. The number of rotatable bonds is 0. The first kappa shape index (κ1) is 22.6. The first-order valence-electron chi connectivity index (χ1n) is 14.1. The largest absolute Gasteiger partial charge is 0.458 e. The highest BCUT2D eigenvalue weighted by molar-refractivity contribution is 5.85. The Balaban J connectivity index is 1.47. The van der Waals surface area contributed by atoms with Crippen LogP contribution < -0.4 is 0 Å². The Labute approximate surface area is 201 Å². The summed E-state index contributed by atoms with van der Waals surface area (Å²) in [7, 11) is 0. The van der Waals surface area contributed by atoms with Crippen LogP contribution in [0.15, 0.2) is 0 Å². The smallest absolute Gasteiger partial charge is 0.313 e. The van der Waals surface area contributed by atoms with Gasteiger partial charge in [-0.25, -0.2) is 0 Å². The second-order valence-electron chi connectivity index (χ2n) is 14.9. The van der Waals surface area contributed by atoms with E-state index in [-0.39, 0.29) is 38.6 Å². The van der Waals surface area contributed by atoms with Crippen LogP contribution in [0.1, 0.15) is 113 Å². The Morgan fingerprint density at radius 2 is 1.48 bits per heavy atom. The van der Waals surface area contributed by atoms with Gasteiger partial charge in [0.25, 0.3) is 0 Å². The summed E-state index contributed by atoms with van der Waals surface area (Å²) in [5.74, 6) is 3.31. The molecule has 2 bridgehead atoms. The van der Waals surface area contributed by atoms with Crippen LogP contribution in [0.3, 0.4) is 0 Å². The fourth-order valence-corrected chi connectivity index (χ4v) is 12.0. The van der Waals surface area contributed by atoms with Crippen LogP contribution in [-0.2, 0) is 14.3 Å². The molecule has 3 nitrogen and oxygen atoms in total. The number of carbonyl (C=O) groups excluding carboxylic acids is 2. The molecule has 1 aliphatic heterocycles. The molecule has 1 spiro atoms. The van der Waals surface area contributed by atoms with E-state index in [0.29, 0.717) is 35.4 Å². The number of Topliss-reactive ketones (excluding diaryl/α,β-unsaturated/α-hetero) is 1. The molecule has 3 heteroatoms. The van der Waals surface area contributed by atoms with Gasteiger partial charge in [0, 0.05) is 23.2 Å². The lowest BCUT2D eigenvalue weighted by atomic mass is 9.30. The lowest BCUT2D eigenvalue weighted by Gasteiger charge is -2.73. The molecule has 184 valence electrons. The monoisotopic (exact) mass is 454 g/mol. The lowest BCUT2D eigenvalue weighted by molar-refractivity contribution is -0.282. The third kappa shape index (κ3) is 2.22. The summed E-state index contributed by atoms with van der Waals surface area (Å²) in [5.41, 5.74) is -0.324. The molecule has 5 unspecified atom stereocenters. The van der Waals surface area contributed by atoms with E-state index in [2.05, 4.69) is 48.5 Å². The molecule has 1 heterocycles. The standard InChI is InChI=1S/C30H46O3/c1-18-8-14-29-17-16-28(7)27(6)13-9-20-25(3,4)22(31)11-12-26(20,5)21(27)10-15-30(28,33-24(29)32)23(29)19(18)2/h18-21,23H,8-17H2,1-7H3/t18?,19?,20?,21?,23?,26-,27+,28-,29-,30-/m0/s1. The fraction of sp³-hybridized carbons (Fsp3) is 0.933. The maximum Gasteiger partial charge on any atom is 0.313 e. The number of fused-ring (bicyclic) bond motifs is 4. The van der Waals surface area contributed by atoms with Crippen LogP contribution in [0.5, 0.6) is 0 Å². The Kier molecular flexibility index (Phi) is 4.30. The van der Waals surface area contributed by atoms with Gasteiger partial charge in [-0.3, -0.25) is 9.59 Å². The van der Waals surface area contributed by atoms with E-state index < -0.39 is 0 Å². The quantitative estimate of drug-likeness (QED) is 0.371. The summed E-state index contributed by atoms with van der Waals surface area (Å²) >= 11 is 0. The minimum Gasteiger partial charge on any atom is -0.458 e. The van der Waals surface area contributed by atoms with Gasteiger partial charge >= 0.3 is 5.97 Å². The predicted molar refractivity (Wildman–Crippen MR) is 129 cm³/mol. The Bertz CT molecular complexity index is 922. The third-order valence-electron chi connectivity index (χ3n) is 14.1. The minimum atomic E-state index is -0.287. The van der Waals surface area contributed by atoms with Crippen molar-refractivity contribution >= 4 is 11.8 Å². The molecule has 0 aromatic rings. The molecule has 0 amide bonds. The molecule has 0 N–H and O–H groups in total. The predicted octanol–water partition coefficient (Wildman–Crippen LogP) is 6.97. The van der Waals surface area contributed by atoms with Gasteiger partial charge in [-0.15, -0.1) is 0 Å². The summed E-state index contributed by atoms with van der Waals surface area (Å²) in [6, 6.07) is 0. The van der Waals surface area contributed by atoms with Crippen LogP contribution >= 0.6 is 0 Å². The van der Waals surface area contributed by atoms with E-state index in [1.807, 2.05) is 0 Å². The fourth-order valence-electron chi connectivity index (χ4n) is 12.0. The highest BCUT2D eigenvalue weighted by Crippen LogP contribution is 2.80. The normalized spacial score (nSPS) is 59.1. The number of ether oxygens (including phenoxy) is 1. The van der Waals surface area contributed by atoms with Crippen LogP contribution in [0, 0.1) is 56.7 Å². The highest BCUT2D eigenvalue weighted by atomic mass is 16.6. The van der Waals surface area contributed by atoms with Crippen molar-refractivity contribution in [2.75, 3.05) is 0 Å². The zero-order chi connectivity index (χ0) is 23.8. The highest BCUT2D eigenvalue weighted by Gasteiger charge is 2.81. The first-order valence-corrected chi connectivity index (χ1v) is 14.1. The van der Waals surface area contributed by atoms with Gasteiger partial charge in [0.1, 0.15) is 11.4 Å². The molecular formula is C30H46O3. The van der Waals surface area contributed by atoms with Crippen molar-refractivity contribution in [3.63, 3.8) is 0 Å². The molecule has 10 atom stereocenters. The molecule has 0 radical (unpaired) electrons. The Morgan fingerprint density at radius 3 is 2.21 bits per heavy atom. The average Bonchev–Trinajstić information content (AvgIpc) is 2.95. The van der Waals surface area contributed by atoms with E-state index in [0.717, 1.165) is 51.4 Å². The van der Waals surface area contributed by atoms with Crippen molar-refractivity contribution < 1.29 is 14.3 Å². The number of esters is 1. The minimum absolute atomic E-state index is 0.0220. The Morgan fingerprint density at radius 1 is 0.788 bits per heavy atom. The average molecular weight is 455 g/mol. The van der Waals surface area contributed by atoms with Crippen molar-refractivity contribution in [3.8, 4) is 0 Å². The SMILES string of the molecule is CC1CC[C@@]23CC[C@]4(C)[C@@](CCC5[C@@]6(C)CCC(=O)C(C)(C)C6CC[C@]54C)(OC2=O)C3C1C. The second-order valence-corrected chi connectivity index (χ2v) is 14.9.